The molecule has 0 unspecified atom stereocenters. The van der Waals surface area contributed by atoms with Crippen LogP contribution in [0.25, 0.3) is 9.88 Å². The molecule has 4 N–H and O–H groups in total. The van der Waals surface area contributed by atoms with E-state index < -0.39 is 35.0 Å². The molecule has 43 heavy (non-hydrogen) atoms. The van der Waals surface area contributed by atoms with Crippen LogP contribution in [0.3, 0.4) is 0 Å². The molecule has 0 bridgehead atoms. The molecule has 0 aliphatic heterocycles. The number of thiophene rings is 1. The van der Waals surface area contributed by atoms with E-state index in [9.17, 15) is 22.8 Å². The average molecular weight is 652 g/mol. The first-order valence-electron chi connectivity index (χ1n) is 12.5. The Morgan fingerprint density at radius 2 is 1.56 bits per heavy atom. The molecule has 2 aromatic carbocycles. The number of ether oxygens (including phenoxy) is 1. The van der Waals surface area contributed by atoms with Crippen LogP contribution < -0.4 is 44.9 Å². The second kappa shape index (κ2) is 17.9. The Hall–Kier alpha value is -3.11. The third-order valence-corrected chi connectivity index (χ3v) is 8.35. The summed E-state index contributed by atoms with van der Waals surface area (Å²) in [6.07, 6.45) is -0.448. The van der Waals surface area contributed by atoms with Gasteiger partial charge in [-0.3, -0.25) is 9.59 Å². The van der Waals surface area contributed by atoms with Crippen LogP contribution in [0, 0.1) is 0 Å². The molecule has 15 heteroatoms. The monoisotopic (exact) mass is 651 g/mol. The summed E-state index contributed by atoms with van der Waals surface area (Å²) in [5, 5.41) is 9.97. The molecule has 0 aliphatic carbocycles. The molecule has 11 nitrogen and oxygen atoms in total. The number of benzene rings is 2. The summed E-state index contributed by atoms with van der Waals surface area (Å²) in [5.41, 5.74) is 2.47. The van der Waals surface area contributed by atoms with Gasteiger partial charge in [0.1, 0.15) is 11.0 Å². The van der Waals surface area contributed by atoms with E-state index in [1.54, 1.807) is 35.6 Å². The summed E-state index contributed by atoms with van der Waals surface area (Å²) >= 11 is 3.00. The molecule has 0 saturated heterocycles. The quantitative estimate of drug-likeness (QED) is 0.143. The molecule has 0 radical (unpaired) electrons. The van der Waals surface area contributed by atoms with E-state index in [0.29, 0.717) is 16.9 Å². The normalized spacial score (nSPS) is 11.8. The molecular weight excluding hydrogens is 624 g/mol. The smallest absolute Gasteiger partial charge is 0.870 e. The fourth-order valence-electron chi connectivity index (χ4n) is 4.02. The number of Topliss-reactive ketones (excluding diaryl/α,β-unsaturated/α-hetero) is 1. The number of thiazole rings is 1. The SMILES string of the molecule is COC(=O)N[C@@H](Cc1ccccc1)C(=O)N[C@H](Cc1ccc(N[S-](=O)=O)cc1)C(=O)Cc1csc(-c2cccs2)n1.[Na+].[OH-]. The second-order valence-corrected chi connectivity index (χ2v) is 11.4. The number of nitrogens with zero attached hydrogens (tertiary/aromatic N) is 1. The fourth-order valence-corrected chi connectivity index (χ4v) is 5.98. The number of alkyl carbamates (subject to hydrolysis) is 1. The molecule has 2 amide bonds. The van der Waals surface area contributed by atoms with Gasteiger partial charge < -0.3 is 34.0 Å². The molecule has 2 aromatic heterocycles. The van der Waals surface area contributed by atoms with Gasteiger partial charge in [0, 0.05) is 28.4 Å². The predicted molar refractivity (Wildman–Crippen MR) is 160 cm³/mol. The number of aromatic nitrogens is 1. The number of rotatable bonds is 13. The van der Waals surface area contributed by atoms with Crippen LogP contribution in [0.1, 0.15) is 16.8 Å². The van der Waals surface area contributed by atoms with Crippen LogP contribution in [0.5, 0.6) is 0 Å². The van der Waals surface area contributed by atoms with E-state index in [1.165, 1.54) is 18.4 Å². The van der Waals surface area contributed by atoms with Crippen LogP contribution in [-0.4, -0.2) is 47.4 Å². The van der Waals surface area contributed by atoms with Crippen molar-refractivity contribution in [3.8, 4) is 9.88 Å². The van der Waals surface area contributed by atoms with Crippen molar-refractivity contribution in [2.24, 2.45) is 0 Å². The van der Waals surface area contributed by atoms with Crippen molar-refractivity contribution in [2.45, 2.75) is 31.3 Å². The van der Waals surface area contributed by atoms with Gasteiger partial charge in [-0.1, -0.05) is 48.5 Å². The Morgan fingerprint density at radius 3 is 2.19 bits per heavy atom. The minimum Gasteiger partial charge on any atom is -0.870 e. The number of anilines is 1. The molecule has 2 atom stereocenters. The molecule has 2 heterocycles. The summed E-state index contributed by atoms with van der Waals surface area (Å²) in [5.74, 6) is -0.809. The van der Waals surface area contributed by atoms with Crippen LogP contribution in [0.15, 0.2) is 77.5 Å². The van der Waals surface area contributed by atoms with Crippen molar-refractivity contribution in [1.82, 2.24) is 15.6 Å². The van der Waals surface area contributed by atoms with E-state index in [0.717, 1.165) is 15.4 Å². The summed E-state index contributed by atoms with van der Waals surface area (Å²) < 4.78 is 28.9. The summed E-state index contributed by atoms with van der Waals surface area (Å²) in [4.78, 5) is 44.7. The van der Waals surface area contributed by atoms with Crippen LogP contribution in [0.4, 0.5) is 10.5 Å². The van der Waals surface area contributed by atoms with Gasteiger partial charge in [-0.25, -0.2) is 9.78 Å². The summed E-state index contributed by atoms with van der Waals surface area (Å²) in [6, 6.07) is 17.6. The van der Waals surface area contributed by atoms with Crippen molar-refractivity contribution in [3.05, 3.63) is 94.3 Å². The number of methoxy groups -OCH3 is 1. The predicted octanol–water partition coefficient (Wildman–Crippen LogP) is 1.14. The van der Waals surface area contributed by atoms with Crippen LogP contribution in [-0.2, 0) is 52.9 Å². The maximum Gasteiger partial charge on any atom is 1.00 e. The number of hydrogen-bond donors (Lipinski definition) is 3. The Kier molecular flexibility index (Phi) is 15.0. The van der Waals surface area contributed by atoms with Gasteiger partial charge in [0.25, 0.3) is 0 Å². The number of hydrogen-bond acceptors (Lipinski definition) is 11. The zero-order valence-electron chi connectivity index (χ0n) is 23.4. The maximum atomic E-state index is 13.6. The molecule has 0 spiro atoms. The Morgan fingerprint density at radius 1 is 0.884 bits per heavy atom. The first kappa shape index (κ1) is 36.1. The molecular formula is C28H28N4NaO7S3-. The molecule has 0 saturated carbocycles. The third kappa shape index (κ3) is 11.2. The molecule has 0 aliphatic rings. The van der Waals surface area contributed by atoms with Crippen molar-refractivity contribution in [3.63, 3.8) is 0 Å². The zero-order valence-corrected chi connectivity index (χ0v) is 27.8. The molecule has 4 rings (SSSR count). The molecule has 0 fully saturated rings. The standard InChI is InChI=1S/C28H27N4O6S3.Na.H2O/c1-38-28(35)31-23(15-18-6-3-2-4-7-18)26(34)30-22(14-19-9-11-20(12-10-19)32-41(36)37)24(33)16-21-17-40-27(29-21)25-8-5-13-39-25;;/h2-13,17,22-23H,14-16H2,1H3,(H,30,34)(H,31,35)(H,32,36,37);;1H2/q-1;+1;/p-1/t22-,23+;;/m1../s1. The second-order valence-electron chi connectivity index (χ2n) is 8.94. The van der Waals surface area contributed by atoms with Gasteiger partial charge >= 0.3 is 35.7 Å². The molecule has 222 valence electrons. The van der Waals surface area contributed by atoms with Gasteiger partial charge in [-0.2, -0.15) is 0 Å². The Bertz CT molecular complexity index is 1540. The van der Waals surface area contributed by atoms with Crippen LogP contribution in [0.2, 0.25) is 0 Å². The van der Waals surface area contributed by atoms with E-state index in [-0.39, 0.29) is 60.1 Å². The summed E-state index contributed by atoms with van der Waals surface area (Å²) in [6.45, 7) is 0. The van der Waals surface area contributed by atoms with Gasteiger partial charge in [-0.05, 0) is 41.1 Å². The van der Waals surface area contributed by atoms with E-state index in [4.69, 9.17) is 4.74 Å². The molecule has 4 aromatic rings. The fraction of sp³-hybridized carbons (Fsp3) is 0.214. The zero-order chi connectivity index (χ0) is 29.2. The van der Waals surface area contributed by atoms with Gasteiger partial charge in [0.15, 0.2) is 5.78 Å². The topological polar surface area (TPSA) is 174 Å². The van der Waals surface area contributed by atoms with Gasteiger partial charge in [0.05, 0.1) is 30.1 Å². The Labute approximate surface area is 280 Å². The van der Waals surface area contributed by atoms with Crippen molar-refractivity contribution >= 4 is 57.0 Å². The third-order valence-electron chi connectivity index (χ3n) is 6.02. The van der Waals surface area contributed by atoms with E-state index in [2.05, 4.69) is 20.3 Å². The number of carbonyl (C=O) groups is 3. The Balaban J connectivity index is 0.00000323. The number of nitrogens with one attached hydrogen (secondary N) is 3. The average Bonchev–Trinajstić information content (AvgIpc) is 3.66. The van der Waals surface area contributed by atoms with Crippen molar-refractivity contribution in [1.29, 1.82) is 0 Å². The van der Waals surface area contributed by atoms with Gasteiger partial charge in [0.2, 0.25) is 5.91 Å². The van der Waals surface area contributed by atoms with Crippen LogP contribution >= 0.6 is 22.7 Å². The minimum atomic E-state index is -2.47. The largest absolute Gasteiger partial charge is 1.00 e. The first-order chi connectivity index (χ1) is 19.8. The number of amides is 2. The summed E-state index contributed by atoms with van der Waals surface area (Å²) in [7, 11) is -1.26. The number of carbonyl (C=O) groups excluding carboxylic acids is 3. The van der Waals surface area contributed by atoms with Gasteiger partial charge in [-0.15, -0.1) is 22.7 Å². The first-order valence-corrected chi connectivity index (χ1v) is 15.3. The van der Waals surface area contributed by atoms with E-state index in [1.807, 2.05) is 53.2 Å². The number of ketones is 1. The minimum absolute atomic E-state index is 0. The van der Waals surface area contributed by atoms with Crippen molar-refractivity contribution in [2.75, 3.05) is 11.8 Å². The van der Waals surface area contributed by atoms with E-state index >= 15 is 0 Å². The van der Waals surface area contributed by atoms with Crippen molar-refractivity contribution < 1.29 is 62.6 Å². The maximum absolute atomic E-state index is 13.6.